The van der Waals surface area contributed by atoms with Crippen molar-refractivity contribution < 1.29 is 14.3 Å². The Morgan fingerprint density at radius 1 is 1.14 bits per heavy atom. The molecule has 1 aliphatic rings. The van der Waals surface area contributed by atoms with Crippen LogP contribution in [0.2, 0.25) is 0 Å². The number of carbonyl (C=O) groups excluding carboxylic acids is 1. The average Bonchev–Trinajstić information content (AvgIpc) is 3.29. The van der Waals surface area contributed by atoms with Crippen molar-refractivity contribution >= 4 is 34.0 Å². The summed E-state index contributed by atoms with van der Waals surface area (Å²) in [4.78, 5) is 21.3. The van der Waals surface area contributed by atoms with Gasteiger partial charge in [-0.15, -0.1) is 0 Å². The minimum absolute atomic E-state index is 0.0679. The second-order valence-corrected chi connectivity index (χ2v) is 6.78. The van der Waals surface area contributed by atoms with Crippen LogP contribution in [0.25, 0.3) is 10.9 Å². The third-order valence-corrected chi connectivity index (χ3v) is 4.94. The number of ether oxygens (including phenoxy) is 2. The van der Waals surface area contributed by atoms with E-state index < -0.39 is 0 Å². The number of nitrogens with one attached hydrogen (secondary N) is 3. The van der Waals surface area contributed by atoms with E-state index in [0.29, 0.717) is 22.8 Å². The van der Waals surface area contributed by atoms with Crippen molar-refractivity contribution in [3.63, 3.8) is 0 Å². The number of anilines is 3. The predicted molar refractivity (Wildman–Crippen MR) is 112 cm³/mol. The van der Waals surface area contributed by atoms with Gasteiger partial charge in [0.2, 0.25) is 5.91 Å². The van der Waals surface area contributed by atoms with E-state index in [1.807, 2.05) is 30.3 Å². The molecule has 1 aliphatic heterocycles. The average molecular weight is 393 g/mol. The molecule has 0 aliphatic carbocycles. The van der Waals surface area contributed by atoms with Crippen LogP contribution in [0.15, 0.2) is 42.7 Å². The van der Waals surface area contributed by atoms with E-state index in [-0.39, 0.29) is 11.9 Å². The van der Waals surface area contributed by atoms with Crippen LogP contribution >= 0.6 is 0 Å². The van der Waals surface area contributed by atoms with Crippen molar-refractivity contribution in [1.82, 2.24) is 15.3 Å². The molecule has 1 aromatic heterocycles. The molecule has 1 saturated heterocycles. The Balaban J connectivity index is 1.67. The molecule has 8 nitrogen and oxygen atoms in total. The van der Waals surface area contributed by atoms with Crippen LogP contribution in [-0.4, -0.2) is 42.7 Å². The lowest BCUT2D eigenvalue weighted by molar-refractivity contribution is -0.117. The van der Waals surface area contributed by atoms with Crippen LogP contribution in [0, 0.1) is 0 Å². The van der Waals surface area contributed by atoms with Crippen LogP contribution in [0.3, 0.4) is 0 Å². The molecule has 3 aromatic rings. The third-order valence-electron chi connectivity index (χ3n) is 4.94. The lowest BCUT2D eigenvalue weighted by Gasteiger charge is -2.16. The molecule has 0 spiro atoms. The predicted octanol–water partition coefficient (Wildman–Crippen LogP) is 3.08. The number of hydrogen-bond donors (Lipinski definition) is 3. The molecular weight excluding hydrogens is 370 g/mol. The first-order valence-electron chi connectivity index (χ1n) is 9.46. The van der Waals surface area contributed by atoms with Gasteiger partial charge in [-0.2, -0.15) is 0 Å². The Bertz CT molecular complexity index is 1020. The molecule has 1 unspecified atom stereocenters. The highest BCUT2D eigenvalue weighted by atomic mass is 16.5. The normalized spacial score (nSPS) is 15.9. The van der Waals surface area contributed by atoms with Crippen LogP contribution in [0.1, 0.15) is 12.8 Å². The van der Waals surface area contributed by atoms with Crippen molar-refractivity contribution in [2.75, 3.05) is 31.4 Å². The fourth-order valence-electron chi connectivity index (χ4n) is 3.39. The monoisotopic (exact) mass is 393 g/mol. The van der Waals surface area contributed by atoms with Gasteiger partial charge >= 0.3 is 0 Å². The Hall–Kier alpha value is -3.39. The van der Waals surface area contributed by atoms with E-state index in [1.54, 1.807) is 20.3 Å². The molecule has 2 aromatic carbocycles. The van der Waals surface area contributed by atoms with Crippen LogP contribution in [-0.2, 0) is 4.79 Å². The molecule has 4 rings (SSSR count). The molecule has 2 heterocycles. The van der Waals surface area contributed by atoms with Gasteiger partial charge < -0.3 is 25.4 Å². The first-order valence-corrected chi connectivity index (χ1v) is 9.46. The summed E-state index contributed by atoms with van der Waals surface area (Å²) in [5.74, 6) is 1.90. The fraction of sp³-hybridized carbons (Fsp3) is 0.286. The van der Waals surface area contributed by atoms with E-state index in [4.69, 9.17) is 9.47 Å². The summed E-state index contributed by atoms with van der Waals surface area (Å²) in [5, 5.41) is 10.3. The first-order chi connectivity index (χ1) is 14.2. The maximum Gasteiger partial charge on any atom is 0.241 e. The zero-order valence-corrected chi connectivity index (χ0v) is 16.4. The number of rotatable bonds is 6. The van der Waals surface area contributed by atoms with E-state index >= 15 is 0 Å². The molecule has 0 radical (unpaired) electrons. The standard InChI is InChI=1S/C21H23N5O3/c1-28-14-7-5-13(6-8-14)25-20-15-10-18(26-21(27)16-4-3-9-22-16)19(29-2)11-17(15)23-12-24-20/h5-8,10-12,16,22H,3-4,9H2,1-2H3,(H,26,27)(H,23,24,25). The van der Waals surface area contributed by atoms with E-state index in [9.17, 15) is 4.79 Å². The maximum absolute atomic E-state index is 12.6. The Morgan fingerprint density at radius 3 is 2.66 bits per heavy atom. The van der Waals surface area contributed by atoms with Crippen molar-refractivity contribution in [2.45, 2.75) is 18.9 Å². The summed E-state index contributed by atoms with van der Waals surface area (Å²) in [6.45, 7) is 0.858. The second kappa shape index (κ2) is 8.32. The zero-order chi connectivity index (χ0) is 20.2. The van der Waals surface area contributed by atoms with Crippen molar-refractivity contribution in [3.8, 4) is 11.5 Å². The van der Waals surface area contributed by atoms with Crippen molar-refractivity contribution in [3.05, 3.63) is 42.7 Å². The van der Waals surface area contributed by atoms with Crippen LogP contribution in [0.4, 0.5) is 17.2 Å². The van der Waals surface area contributed by atoms with Gasteiger partial charge in [-0.05, 0) is 49.7 Å². The highest BCUT2D eigenvalue weighted by Crippen LogP contribution is 2.33. The van der Waals surface area contributed by atoms with Gasteiger partial charge in [0, 0.05) is 17.1 Å². The topological polar surface area (TPSA) is 97.4 Å². The second-order valence-electron chi connectivity index (χ2n) is 6.78. The first kappa shape index (κ1) is 18.9. The molecule has 3 N–H and O–H groups in total. The number of amides is 1. The molecule has 0 saturated carbocycles. The Kier molecular flexibility index (Phi) is 5.44. The van der Waals surface area contributed by atoms with Gasteiger partial charge in [0.25, 0.3) is 0 Å². The molecule has 1 fully saturated rings. The number of nitrogens with zero attached hydrogens (tertiary/aromatic N) is 2. The number of hydrogen-bond acceptors (Lipinski definition) is 7. The Labute approximate surface area is 168 Å². The molecule has 29 heavy (non-hydrogen) atoms. The summed E-state index contributed by atoms with van der Waals surface area (Å²) in [5.41, 5.74) is 2.17. The third kappa shape index (κ3) is 4.07. The molecular formula is C21H23N5O3. The number of fused-ring (bicyclic) bond motifs is 1. The molecule has 8 heteroatoms. The summed E-state index contributed by atoms with van der Waals surface area (Å²) >= 11 is 0. The van der Waals surface area contributed by atoms with E-state index in [1.165, 1.54) is 6.33 Å². The molecule has 150 valence electrons. The van der Waals surface area contributed by atoms with E-state index in [2.05, 4.69) is 25.9 Å². The maximum atomic E-state index is 12.6. The SMILES string of the molecule is COc1ccc(Nc2ncnc3cc(OC)c(NC(=O)C4CCCN4)cc23)cc1. The Morgan fingerprint density at radius 2 is 1.97 bits per heavy atom. The van der Waals surface area contributed by atoms with Gasteiger partial charge in [0.1, 0.15) is 23.6 Å². The quantitative estimate of drug-likeness (QED) is 0.592. The highest BCUT2D eigenvalue weighted by molar-refractivity contribution is 6.01. The molecule has 0 bridgehead atoms. The van der Waals surface area contributed by atoms with Crippen molar-refractivity contribution in [2.24, 2.45) is 0 Å². The lowest BCUT2D eigenvalue weighted by Crippen LogP contribution is -2.35. The van der Waals surface area contributed by atoms with E-state index in [0.717, 1.165) is 36.2 Å². The van der Waals surface area contributed by atoms with Crippen LogP contribution in [0.5, 0.6) is 11.5 Å². The van der Waals surface area contributed by atoms with Crippen molar-refractivity contribution in [1.29, 1.82) is 0 Å². The van der Waals surface area contributed by atoms with Gasteiger partial charge in [-0.1, -0.05) is 0 Å². The number of methoxy groups -OCH3 is 2. The number of aromatic nitrogens is 2. The minimum atomic E-state index is -0.181. The lowest BCUT2D eigenvalue weighted by atomic mass is 10.1. The number of carbonyl (C=O) groups is 1. The largest absolute Gasteiger partial charge is 0.497 e. The van der Waals surface area contributed by atoms with Gasteiger partial charge in [0.15, 0.2) is 0 Å². The van der Waals surface area contributed by atoms with Gasteiger partial charge in [0.05, 0.1) is 31.5 Å². The summed E-state index contributed by atoms with van der Waals surface area (Å²) in [7, 11) is 3.20. The summed E-state index contributed by atoms with van der Waals surface area (Å²) in [6.07, 6.45) is 3.32. The zero-order valence-electron chi connectivity index (χ0n) is 16.4. The van der Waals surface area contributed by atoms with Gasteiger partial charge in [-0.3, -0.25) is 4.79 Å². The molecule has 1 amide bonds. The smallest absolute Gasteiger partial charge is 0.241 e. The summed E-state index contributed by atoms with van der Waals surface area (Å²) in [6, 6.07) is 11.0. The number of benzene rings is 2. The molecule has 1 atom stereocenters. The van der Waals surface area contributed by atoms with Gasteiger partial charge in [-0.25, -0.2) is 9.97 Å². The summed E-state index contributed by atoms with van der Waals surface area (Å²) < 4.78 is 10.7. The highest BCUT2D eigenvalue weighted by Gasteiger charge is 2.23. The minimum Gasteiger partial charge on any atom is -0.497 e. The fourth-order valence-corrected chi connectivity index (χ4v) is 3.39. The van der Waals surface area contributed by atoms with Crippen LogP contribution < -0.4 is 25.4 Å².